The maximum absolute atomic E-state index is 3.79. The van der Waals surface area contributed by atoms with E-state index in [4.69, 9.17) is 0 Å². The minimum atomic E-state index is -3.79. The molecule has 3 aromatic rings. The van der Waals surface area contributed by atoms with Crippen LogP contribution in [-0.4, -0.2) is 5.98 Å². The van der Waals surface area contributed by atoms with Crippen LogP contribution in [0.15, 0.2) is 91.0 Å². The molecule has 2 aliphatic rings. The maximum atomic E-state index is 2.90. The first-order valence-corrected chi connectivity index (χ1v) is 33.9. The van der Waals surface area contributed by atoms with E-state index in [0.717, 1.165) is 0 Å². The molecule has 2 heteroatoms. The van der Waals surface area contributed by atoms with E-state index in [1.54, 1.807) is 16.3 Å². The van der Waals surface area contributed by atoms with Crippen LogP contribution in [0.25, 0.3) is 12.2 Å². The molecule has 0 amide bonds. The van der Waals surface area contributed by atoms with Crippen LogP contribution in [0, 0.1) is 0 Å². The van der Waals surface area contributed by atoms with Crippen molar-refractivity contribution in [3.63, 3.8) is 0 Å². The topological polar surface area (TPSA) is 0 Å². The number of allylic oxidation sites excluding steroid dienone is 2. The third-order valence-electron chi connectivity index (χ3n) is 9.71. The van der Waals surface area contributed by atoms with Crippen molar-refractivity contribution in [2.45, 2.75) is 68.2 Å². The predicted octanol–water partition coefficient (Wildman–Crippen LogP) is 9.30. The molecule has 0 spiro atoms. The van der Waals surface area contributed by atoms with Gasteiger partial charge in [-0.25, -0.2) is 0 Å². The van der Waals surface area contributed by atoms with E-state index < -0.39 is 23.7 Å². The first-order chi connectivity index (χ1) is 17.5. The van der Waals surface area contributed by atoms with E-state index in [9.17, 15) is 0 Å². The van der Waals surface area contributed by atoms with Crippen LogP contribution in [0.5, 0.6) is 0 Å². The summed E-state index contributed by atoms with van der Waals surface area (Å²) in [6.45, 7) is 2.32. The van der Waals surface area contributed by atoms with Crippen LogP contribution in [0.1, 0.15) is 75.1 Å². The van der Waals surface area contributed by atoms with Crippen molar-refractivity contribution in [3.8, 4) is 0 Å². The van der Waals surface area contributed by atoms with E-state index in [2.05, 4.69) is 119 Å². The second-order valence-electron chi connectivity index (χ2n) is 12.2. The van der Waals surface area contributed by atoms with E-state index in [-0.39, 0.29) is 0 Å². The van der Waals surface area contributed by atoms with Gasteiger partial charge in [0.1, 0.15) is 0 Å². The van der Waals surface area contributed by atoms with Crippen LogP contribution in [0.2, 0.25) is 15.4 Å². The fourth-order valence-corrected chi connectivity index (χ4v) is 67.1. The standard InChI is InChI=1S/C14H23Si.2C9H7.2CH3.Hf/c1-2-3-4-5-6-10-13-15-14-11-8-7-9-12-14;2*1-2-5-9-7-3-6-8(9)4-1;;;/h7-9,11-12,15H,2-6,10,13H2,1H3;2*1-7H;2*1H3;. The third-order valence-corrected chi connectivity index (χ3v) is 68.1. The monoisotopic (exact) mass is 659 g/mol. The number of unbranched alkanes of at least 4 members (excludes halogenated alkanes) is 5. The van der Waals surface area contributed by atoms with Gasteiger partial charge in [0.25, 0.3) is 0 Å². The number of benzene rings is 3. The predicted molar refractivity (Wildman–Crippen MR) is 160 cm³/mol. The van der Waals surface area contributed by atoms with Crippen LogP contribution < -0.4 is 5.19 Å². The SMILES string of the molecule is CCCCCCCC[SiH](c1ccccc1)[Hf]([CH3])([CH3])([CH]1C=Cc2ccccc21)[CH]1C=Cc2ccccc21. The molecule has 0 nitrogen and oxygen atoms in total. The Morgan fingerprint density at radius 3 is 1.69 bits per heavy atom. The molecule has 0 aromatic heterocycles. The van der Waals surface area contributed by atoms with Crippen LogP contribution in [0.4, 0.5) is 0 Å². The van der Waals surface area contributed by atoms with Gasteiger partial charge in [0.2, 0.25) is 0 Å². The van der Waals surface area contributed by atoms with Crippen LogP contribution in [0.3, 0.4) is 0 Å². The van der Waals surface area contributed by atoms with Crippen molar-refractivity contribution in [1.29, 1.82) is 0 Å². The zero-order valence-electron chi connectivity index (χ0n) is 22.5. The van der Waals surface area contributed by atoms with Crippen molar-refractivity contribution in [3.05, 3.63) is 113 Å². The van der Waals surface area contributed by atoms with Gasteiger partial charge in [0.05, 0.1) is 0 Å². The molecule has 2 aliphatic carbocycles. The quantitative estimate of drug-likeness (QED) is 0.142. The molecule has 0 saturated heterocycles. The Morgan fingerprint density at radius 2 is 1.11 bits per heavy atom. The molecule has 0 saturated carbocycles. The summed E-state index contributed by atoms with van der Waals surface area (Å²) in [5.74, 6) is -1.30. The van der Waals surface area contributed by atoms with Gasteiger partial charge in [0, 0.05) is 0 Å². The summed E-state index contributed by atoms with van der Waals surface area (Å²) >= 11 is -3.79. The molecule has 36 heavy (non-hydrogen) atoms. The summed E-state index contributed by atoms with van der Waals surface area (Å²) < 4.78 is 7.03. The second-order valence-corrected chi connectivity index (χ2v) is 61.1. The van der Waals surface area contributed by atoms with Crippen LogP contribution in [-0.2, 0) is 17.7 Å². The Labute approximate surface area is 221 Å². The summed E-state index contributed by atoms with van der Waals surface area (Å²) in [7, 11) is 0. The minimum absolute atomic E-state index is 0.621. The number of rotatable bonds is 11. The second kappa shape index (κ2) is 10.9. The Hall–Kier alpha value is -1.77. The zero-order chi connectivity index (χ0) is 25.0. The third kappa shape index (κ3) is 4.65. The van der Waals surface area contributed by atoms with Crippen molar-refractivity contribution < 1.29 is 17.7 Å². The molecule has 0 radical (unpaired) electrons. The molecule has 187 valence electrons. The Morgan fingerprint density at radius 1 is 0.611 bits per heavy atom. The number of hydrogen-bond acceptors (Lipinski definition) is 0. The zero-order valence-corrected chi connectivity index (χ0v) is 27.2. The Balaban J connectivity index is 1.62. The number of fused-ring (bicyclic) bond motifs is 2. The summed E-state index contributed by atoms with van der Waals surface area (Å²) in [4.78, 5) is 0. The van der Waals surface area contributed by atoms with Crippen molar-refractivity contribution >= 4 is 23.3 Å². The summed E-state index contributed by atoms with van der Waals surface area (Å²) in [6, 6.07) is 31.9. The molecule has 5 rings (SSSR count). The van der Waals surface area contributed by atoms with Gasteiger partial charge >= 0.3 is 222 Å². The molecule has 0 bridgehead atoms. The Bertz CT molecular complexity index is 1170. The first-order valence-electron chi connectivity index (χ1n) is 14.3. The molecule has 3 unspecified atom stereocenters. The van der Waals surface area contributed by atoms with E-state index in [1.807, 2.05) is 0 Å². The molecule has 3 aromatic carbocycles. The molecular weight excluding hydrogens is 615 g/mol. The van der Waals surface area contributed by atoms with Gasteiger partial charge in [0.15, 0.2) is 0 Å². The molecule has 0 aliphatic heterocycles. The van der Waals surface area contributed by atoms with E-state index in [1.165, 1.54) is 55.7 Å². The molecule has 3 atom stereocenters. The van der Waals surface area contributed by atoms with Gasteiger partial charge in [-0.05, 0) is 0 Å². The molecule has 0 heterocycles. The average Bonchev–Trinajstić information content (AvgIpc) is 3.55. The fourth-order valence-electron chi connectivity index (χ4n) is 7.68. The van der Waals surface area contributed by atoms with Gasteiger partial charge < -0.3 is 0 Å². The van der Waals surface area contributed by atoms with Gasteiger partial charge in [-0.2, -0.15) is 0 Å². The van der Waals surface area contributed by atoms with Gasteiger partial charge in [-0.15, -0.1) is 0 Å². The molecule has 0 fully saturated rings. The normalized spacial score (nSPS) is 20.0. The summed E-state index contributed by atoms with van der Waals surface area (Å²) in [5.41, 5.74) is 6.16. The Kier molecular flexibility index (Phi) is 7.84. The average molecular weight is 658 g/mol. The summed E-state index contributed by atoms with van der Waals surface area (Å²) in [5, 5.41) is 1.72. The van der Waals surface area contributed by atoms with E-state index >= 15 is 0 Å². The molecule has 0 N–H and O–H groups in total. The van der Waals surface area contributed by atoms with Crippen molar-refractivity contribution in [2.75, 3.05) is 0 Å². The van der Waals surface area contributed by atoms with Crippen molar-refractivity contribution in [1.82, 2.24) is 0 Å². The number of hydrogen-bond donors (Lipinski definition) is 0. The van der Waals surface area contributed by atoms with Gasteiger partial charge in [-0.3, -0.25) is 0 Å². The van der Waals surface area contributed by atoms with Crippen LogP contribution >= 0.6 is 0 Å². The van der Waals surface area contributed by atoms with Crippen molar-refractivity contribution in [2.24, 2.45) is 0 Å². The molecular formula is C34H43HfSi. The first kappa shape index (κ1) is 25.9. The van der Waals surface area contributed by atoms with E-state index in [0.29, 0.717) is 7.35 Å². The fraction of sp³-hybridized carbons (Fsp3) is 0.353. The summed E-state index contributed by atoms with van der Waals surface area (Å²) in [6.07, 6.45) is 18.5. The van der Waals surface area contributed by atoms with Gasteiger partial charge in [-0.1, -0.05) is 0 Å².